The number of carbonyl (C=O) groups excluding carboxylic acids is 1. The highest BCUT2D eigenvalue weighted by molar-refractivity contribution is 5.94. The Kier molecular flexibility index (Phi) is 5.86. The molecule has 2 aromatic rings. The van der Waals surface area contributed by atoms with Gasteiger partial charge in [0, 0.05) is 49.0 Å². The van der Waals surface area contributed by atoms with E-state index in [-0.39, 0.29) is 11.7 Å². The maximum atomic E-state index is 13.8. The highest BCUT2D eigenvalue weighted by Crippen LogP contribution is 2.31. The smallest absolute Gasteiger partial charge is 0.254 e. The summed E-state index contributed by atoms with van der Waals surface area (Å²) in [6, 6.07) is 15.5. The van der Waals surface area contributed by atoms with Gasteiger partial charge in [0.2, 0.25) is 0 Å². The van der Waals surface area contributed by atoms with Crippen LogP contribution in [-0.2, 0) is 6.54 Å². The first kappa shape index (κ1) is 19.9. The van der Waals surface area contributed by atoms with E-state index in [1.807, 2.05) is 17.0 Å². The average Bonchev–Trinajstić information content (AvgIpc) is 3.09. The van der Waals surface area contributed by atoms with Crippen LogP contribution in [0.1, 0.15) is 49.0 Å². The minimum Gasteiger partial charge on any atom is -0.385 e. The molecule has 1 fully saturated rings. The van der Waals surface area contributed by atoms with Crippen molar-refractivity contribution in [3.8, 4) is 0 Å². The summed E-state index contributed by atoms with van der Waals surface area (Å²) in [5.74, 6) is -0.480. The predicted molar refractivity (Wildman–Crippen MR) is 114 cm³/mol. The van der Waals surface area contributed by atoms with Gasteiger partial charge in [-0.05, 0) is 62.9 Å². The summed E-state index contributed by atoms with van der Waals surface area (Å²) in [6.45, 7) is 6.59. The maximum Gasteiger partial charge on any atom is 0.254 e. The van der Waals surface area contributed by atoms with Crippen LogP contribution in [0.5, 0.6) is 0 Å². The number of fused-ring (bicyclic) bond motifs is 3. The Hall–Kier alpha value is -2.40. The summed E-state index contributed by atoms with van der Waals surface area (Å²) in [6.07, 6.45) is 3.35. The first-order chi connectivity index (χ1) is 14.0. The number of halogens is 1. The summed E-state index contributed by atoms with van der Waals surface area (Å²) in [5.41, 5.74) is 2.60. The normalized spacial score (nSPS) is 22.7. The molecule has 1 amide bonds. The average molecular weight is 396 g/mol. The lowest BCUT2D eigenvalue weighted by Crippen LogP contribution is -2.48. The molecule has 4 nitrogen and oxygen atoms in total. The topological polar surface area (TPSA) is 35.6 Å². The van der Waals surface area contributed by atoms with E-state index in [1.165, 1.54) is 12.1 Å². The Labute approximate surface area is 172 Å². The molecule has 2 atom stereocenters. The molecule has 0 unspecified atom stereocenters. The molecule has 2 aliphatic rings. The second-order valence-electron chi connectivity index (χ2n) is 8.49. The van der Waals surface area contributed by atoms with Crippen LogP contribution in [0.2, 0.25) is 0 Å². The molecule has 2 aromatic carbocycles. The summed E-state index contributed by atoms with van der Waals surface area (Å²) in [7, 11) is 0. The lowest BCUT2D eigenvalue weighted by Gasteiger charge is -2.36. The van der Waals surface area contributed by atoms with Crippen LogP contribution >= 0.6 is 0 Å². The van der Waals surface area contributed by atoms with E-state index in [0.717, 1.165) is 37.1 Å². The van der Waals surface area contributed by atoms with E-state index >= 15 is 0 Å². The standard InChI is InChI=1S/C24H30FN3O/c1-17(2)28-21-10-11-22(28)16-27(24(29)18-7-5-8-20(25)14-18)15-19-6-3-4-9-23(19)26-13-12-21/h3-9,14,17,21-22,26H,10-13,15-16H2,1-2H3/t21-,22+/m1/s1. The molecule has 4 rings (SSSR count). The Morgan fingerprint density at radius 3 is 2.66 bits per heavy atom. The summed E-state index contributed by atoms with van der Waals surface area (Å²) in [4.78, 5) is 17.9. The quantitative estimate of drug-likeness (QED) is 0.812. The van der Waals surface area contributed by atoms with Crippen LogP contribution in [0.25, 0.3) is 0 Å². The van der Waals surface area contributed by atoms with E-state index in [0.29, 0.717) is 36.8 Å². The zero-order valence-corrected chi connectivity index (χ0v) is 17.3. The second-order valence-corrected chi connectivity index (χ2v) is 8.49. The summed E-state index contributed by atoms with van der Waals surface area (Å²) in [5, 5.41) is 3.59. The number of nitrogens with zero attached hydrogens (tertiary/aromatic N) is 2. The number of carbonyl (C=O) groups is 1. The van der Waals surface area contributed by atoms with Crippen molar-refractivity contribution in [3.63, 3.8) is 0 Å². The molecule has 5 heteroatoms. The minimum absolute atomic E-state index is 0.106. The SMILES string of the molecule is CC(C)N1[C@H]2CCNc3ccccc3CN(C(=O)c3cccc(F)c3)C[C@@H]1CC2. The molecule has 2 bridgehead atoms. The van der Waals surface area contributed by atoms with Crippen LogP contribution in [0.3, 0.4) is 0 Å². The summed E-state index contributed by atoms with van der Waals surface area (Å²) >= 11 is 0. The van der Waals surface area contributed by atoms with E-state index < -0.39 is 0 Å². The van der Waals surface area contributed by atoms with Crippen molar-refractivity contribution in [2.45, 2.75) is 57.8 Å². The number of anilines is 1. The molecule has 154 valence electrons. The lowest BCUT2D eigenvalue weighted by atomic mass is 10.1. The monoisotopic (exact) mass is 395 g/mol. The van der Waals surface area contributed by atoms with Gasteiger partial charge in [0.15, 0.2) is 0 Å². The maximum absolute atomic E-state index is 13.8. The molecule has 1 saturated heterocycles. The fraction of sp³-hybridized carbons (Fsp3) is 0.458. The van der Waals surface area contributed by atoms with E-state index in [2.05, 4.69) is 36.2 Å². The number of benzene rings is 2. The third-order valence-corrected chi connectivity index (χ3v) is 6.23. The highest BCUT2D eigenvalue weighted by Gasteiger charge is 2.37. The molecule has 0 spiro atoms. The van der Waals surface area contributed by atoms with Crippen molar-refractivity contribution in [1.82, 2.24) is 9.80 Å². The van der Waals surface area contributed by atoms with Crippen LogP contribution in [-0.4, -0.2) is 46.9 Å². The number of hydrogen-bond acceptors (Lipinski definition) is 3. The van der Waals surface area contributed by atoms with Crippen molar-refractivity contribution in [1.29, 1.82) is 0 Å². The van der Waals surface area contributed by atoms with Gasteiger partial charge in [0.05, 0.1) is 0 Å². The number of amides is 1. The first-order valence-corrected chi connectivity index (χ1v) is 10.7. The van der Waals surface area contributed by atoms with Crippen molar-refractivity contribution in [3.05, 3.63) is 65.5 Å². The van der Waals surface area contributed by atoms with Gasteiger partial charge in [-0.3, -0.25) is 9.69 Å². The third kappa shape index (κ3) is 4.30. The van der Waals surface area contributed by atoms with Gasteiger partial charge >= 0.3 is 0 Å². The van der Waals surface area contributed by atoms with E-state index in [1.54, 1.807) is 12.1 Å². The zero-order valence-electron chi connectivity index (χ0n) is 17.3. The van der Waals surface area contributed by atoms with Crippen molar-refractivity contribution in [2.24, 2.45) is 0 Å². The Morgan fingerprint density at radius 1 is 1.07 bits per heavy atom. The molecule has 29 heavy (non-hydrogen) atoms. The second kappa shape index (κ2) is 8.54. The van der Waals surface area contributed by atoms with Gasteiger partial charge in [-0.1, -0.05) is 24.3 Å². The molecule has 0 aliphatic carbocycles. The van der Waals surface area contributed by atoms with Gasteiger partial charge in [-0.25, -0.2) is 4.39 Å². The number of hydrogen-bond donors (Lipinski definition) is 1. The molecule has 2 heterocycles. The Morgan fingerprint density at radius 2 is 1.86 bits per heavy atom. The van der Waals surface area contributed by atoms with Gasteiger partial charge in [-0.15, -0.1) is 0 Å². The van der Waals surface area contributed by atoms with Crippen LogP contribution < -0.4 is 5.32 Å². The molecule has 1 N–H and O–H groups in total. The minimum atomic E-state index is -0.375. The fourth-order valence-electron chi connectivity index (χ4n) is 4.99. The van der Waals surface area contributed by atoms with E-state index in [9.17, 15) is 9.18 Å². The van der Waals surface area contributed by atoms with Gasteiger partial charge in [0.1, 0.15) is 5.82 Å². The Bertz CT molecular complexity index is 869. The molecule has 0 aromatic heterocycles. The van der Waals surface area contributed by atoms with Gasteiger partial charge in [0.25, 0.3) is 5.91 Å². The van der Waals surface area contributed by atoms with Crippen molar-refractivity contribution in [2.75, 3.05) is 18.4 Å². The predicted octanol–water partition coefficient (Wildman–Crippen LogP) is 4.53. The highest BCUT2D eigenvalue weighted by atomic mass is 19.1. The largest absolute Gasteiger partial charge is 0.385 e. The molecular weight excluding hydrogens is 365 g/mol. The third-order valence-electron chi connectivity index (χ3n) is 6.23. The molecular formula is C24H30FN3O. The molecule has 2 aliphatic heterocycles. The van der Waals surface area contributed by atoms with Gasteiger partial charge < -0.3 is 10.2 Å². The van der Waals surface area contributed by atoms with Gasteiger partial charge in [-0.2, -0.15) is 0 Å². The fourth-order valence-corrected chi connectivity index (χ4v) is 4.99. The van der Waals surface area contributed by atoms with Crippen LogP contribution in [0.4, 0.5) is 10.1 Å². The van der Waals surface area contributed by atoms with Crippen molar-refractivity contribution < 1.29 is 9.18 Å². The number of rotatable bonds is 2. The summed E-state index contributed by atoms with van der Waals surface area (Å²) < 4.78 is 13.8. The van der Waals surface area contributed by atoms with Crippen LogP contribution in [0, 0.1) is 5.82 Å². The number of para-hydroxylation sites is 1. The van der Waals surface area contributed by atoms with E-state index in [4.69, 9.17) is 0 Å². The van der Waals surface area contributed by atoms with Crippen molar-refractivity contribution >= 4 is 11.6 Å². The first-order valence-electron chi connectivity index (χ1n) is 10.7. The lowest BCUT2D eigenvalue weighted by molar-refractivity contribution is 0.0633. The number of nitrogens with one attached hydrogen (secondary N) is 1. The zero-order chi connectivity index (χ0) is 20.4. The Balaban J connectivity index is 1.70. The molecule has 0 radical (unpaired) electrons. The molecule has 0 saturated carbocycles. The van der Waals surface area contributed by atoms with Crippen LogP contribution in [0.15, 0.2) is 48.5 Å².